The van der Waals surface area contributed by atoms with Crippen LogP contribution < -0.4 is 19.2 Å². The fourth-order valence-corrected chi connectivity index (χ4v) is 4.88. The van der Waals surface area contributed by atoms with E-state index in [1.165, 1.54) is 12.1 Å². The summed E-state index contributed by atoms with van der Waals surface area (Å²) in [5, 5.41) is 16.4. The Labute approximate surface area is 193 Å². The quantitative estimate of drug-likeness (QED) is 0.479. The monoisotopic (exact) mass is 448 g/mol. The van der Waals surface area contributed by atoms with Gasteiger partial charge in [0.1, 0.15) is 12.3 Å². The molecular formula is C26H28N2O5. The fourth-order valence-electron chi connectivity index (χ4n) is 4.88. The number of hydrogen-bond acceptors (Lipinski definition) is 6. The summed E-state index contributed by atoms with van der Waals surface area (Å²) >= 11 is 0. The van der Waals surface area contributed by atoms with Crippen LogP contribution in [-0.4, -0.2) is 38.4 Å². The third-order valence-electron chi connectivity index (χ3n) is 6.50. The molecule has 0 spiro atoms. The highest BCUT2D eigenvalue weighted by Gasteiger charge is 2.52. The maximum atomic E-state index is 13.9. The van der Waals surface area contributed by atoms with E-state index in [1.807, 2.05) is 25.1 Å². The second-order valence-corrected chi connectivity index (χ2v) is 8.38. The fraction of sp³-hybridized carbons (Fsp3) is 0.346. The van der Waals surface area contributed by atoms with Crippen molar-refractivity contribution < 1.29 is 24.2 Å². The minimum Gasteiger partial charge on any atom is -0.545 e. The van der Waals surface area contributed by atoms with Gasteiger partial charge in [-0.15, -0.1) is 4.59 Å². The Kier molecular flexibility index (Phi) is 6.33. The molecule has 2 aliphatic rings. The predicted octanol–water partition coefficient (Wildman–Crippen LogP) is 3.31. The van der Waals surface area contributed by atoms with E-state index in [4.69, 9.17) is 14.6 Å². The lowest BCUT2D eigenvalue weighted by atomic mass is 9.75. The number of ether oxygens (including phenoxy) is 2. The Balaban J connectivity index is 1.92. The van der Waals surface area contributed by atoms with Crippen molar-refractivity contribution in [2.45, 2.75) is 26.2 Å². The lowest BCUT2D eigenvalue weighted by Gasteiger charge is -2.40. The summed E-state index contributed by atoms with van der Waals surface area (Å²) in [6.45, 7) is 2.49. The molecule has 1 heterocycles. The molecule has 0 bridgehead atoms. The van der Waals surface area contributed by atoms with E-state index >= 15 is 0 Å². The number of methoxy groups -OCH3 is 2. The van der Waals surface area contributed by atoms with Crippen molar-refractivity contribution in [1.82, 2.24) is 4.59 Å². The van der Waals surface area contributed by atoms with Crippen molar-refractivity contribution in [1.29, 1.82) is 0 Å². The van der Waals surface area contributed by atoms with E-state index in [-0.39, 0.29) is 27.9 Å². The van der Waals surface area contributed by atoms with Gasteiger partial charge in [0.15, 0.2) is 17.2 Å². The van der Waals surface area contributed by atoms with Gasteiger partial charge < -0.3 is 19.4 Å². The summed E-state index contributed by atoms with van der Waals surface area (Å²) in [7, 11) is 3.19. The molecule has 0 saturated carbocycles. The first-order chi connectivity index (χ1) is 15.9. The van der Waals surface area contributed by atoms with Crippen LogP contribution in [0.2, 0.25) is 0 Å². The highest BCUT2D eigenvalue weighted by atomic mass is 16.5. The first kappa shape index (κ1) is 22.7. The van der Waals surface area contributed by atoms with Crippen molar-refractivity contribution in [3.63, 3.8) is 0 Å². The number of allylic oxidation sites excluding steroid dienone is 2. The summed E-state index contributed by atoms with van der Waals surface area (Å²) < 4.78 is 10.7. The molecule has 2 aromatic rings. The number of aromatic carboxylic acids is 1. The van der Waals surface area contributed by atoms with E-state index in [2.05, 4.69) is 12.2 Å². The molecule has 33 heavy (non-hydrogen) atoms. The van der Waals surface area contributed by atoms with Gasteiger partial charge >= 0.3 is 5.91 Å². The van der Waals surface area contributed by atoms with Crippen LogP contribution in [0.15, 0.2) is 59.7 Å². The number of carbonyl (C=O) groups excluding carboxylic acids is 2. The lowest BCUT2D eigenvalue weighted by molar-refractivity contribution is -0.255. The third kappa shape index (κ3) is 3.93. The molecule has 2 aromatic carbocycles. The van der Waals surface area contributed by atoms with Crippen LogP contribution in [0.4, 0.5) is 5.69 Å². The highest BCUT2D eigenvalue weighted by Crippen LogP contribution is 2.42. The number of quaternary nitrogens is 1. The smallest absolute Gasteiger partial charge is 0.349 e. The van der Waals surface area contributed by atoms with E-state index in [9.17, 15) is 14.7 Å². The molecule has 0 aromatic heterocycles. The molecule has 1 aliphatic carbocycles. The van der Waals surface area contributed by atoms with Crippen LogP contribution in [0.1, 0.15) is 42.1 Å². The molecule has 1 amide bonds. The maximum absolute atomic E-state index is 13.9. The van der Waals surface area contributed by atoms with E-state index in [0.29, 0.717) is 30.2 Å². The first-order valence-electron chi connectivity index (χ1n) is 11.2. The number of hydrogen-bond donors (Lipinski definition) is 0. The number of nitrogens with zero attached hydrogens (tertiary/aromatic N) is 2. The van der Waals surface area contributed by atoms with Crippen LogP contribution in [-0.2, 0) is 4.79 Å². The van der Waals surface area contributed by atoms with Crippen LogP contribution in [0.5, 0.6) is 11.5 Å². The first-order valence-corrected chi connectivity index (χ1v) is 11.2. The van der Waals surface area contributed by atoms with Crippen molar-refractivity contribution in [3.8, 4) is 11.5 Å². The van der Waals surface area contributed by atoms with Crippen LogP contribution in [0.25, 0.3) is 0 Å². The Bertz CT molecular complexity index is 1120. The topological polar surface area (TPSA) is 88.0 Å². The zero-order chi connectivity index (χ0) is 23.6. The molecule has 0 fully saturated rings. The molecular weight excluding hydrogens is 420 g/mol. The number of carbonyl (C=O) groups is 2. The summed E-state index contributed by atoms with van der Waals surface area (Å²) in [6, 6.07) is 12.0. The zero-order valence-electron chi connectivity index (χ0n) is 19.1. The van der Waals surface area contributed by atoms with E-state index in [0.717, 1.165) is 24.1 Å². The molecule has 4 rings (SSSR count). The normalized spacial score (nSPS) is 24.1. The molecule has 0 radical (unpaired) electrons. The standard InChI is InChI=1S/C26H28N2O5/c1-4-15-28(19-12-9-17(10-13-19)26(30)31)25(29)21-8-6-5-7-20(21)24(27-28)18-11-14-22(32-2)23(16-18)33-3/h5-6,9-14,16,20-21H,4,7-8,15H2,1-3H3/t20-,21?,28-/m0/s1. The molecule has 7 nitrogen and oxygen atoms in total. The van der Waals surface area contributed by atoms with Crippen molar-refractivity contribution in [2.75, 3.05) is 20.8 Å². The van der Waals surface area contributed by atoms with Gasteiger partial charge in [0.2, 0.25) is 0 Å². The van der Waals surface area contributed by atoms with Gasteiger partial charge in [0.25, 0.3) is 0 Å². The van der Waals surface area contributed by atoms with Gasteiger partial charge in [0.05, 0.1) is 26.1 Å². The summed E-state index contributed by atoms with van der Waals surface area (Å²) in [5.74, 6) is -0.239. The average molecular weight is 449 g/mol. The number of fused-ring (bicyclic) bond motifs is 1. The molecule has 0 saturated heterocycles. The number of carboxylic acids is 1. The number of rotatable bonds is 7. The number of carboxylic acid groups (broad SMARTS) is 1. The largest absolute Gasteiger partial charge is 0.545 e. The SMILES string of the molecule is CCC[N@@+]1(c2ccc(C(=O)[O-])cc2)N=C(c2ccc(OC)c(OC)c2)[C@H]2CC=CCC2C1=O. The van der Waals surface area contributed by atoms with Gasteiger partial charge in [-0.1, -0.05) is 24.2 Å². The van der Waals surface area contributed by atoms with Crippen LogP contribution in [0, 0.1) is 11.8 Å². The van der Waals surface area contributed by atoms with Gasteiger partial charge in [-0.05, 0) is 55.2 Å². The van der Waals surface area contributed by atoms with Crippen molar-refractivity contribution in [2.24, 2.45) is 16.9 Å². The second-order valence-electron chi connectivity index (χ2n) is 8.38. The molecule has 3 atom stereocenters. The molecule has 0 N–H and O–H groups in total. The molecule has 1 aliphatic heterocycles. The lowest BCUT2D eigenvalue weighted by Crippen LogP contribution is -2.59. The Morgan fingerprint density at radius 2 is 1.70 bits per heavy atom. The summed E-state index contributed by atoms with van der Waals surface area (Å²) in [4.78, 5) is 25.2. The minimum absolute atomic E-state index is 0.0359. The molecule has 172 valence electrons. The minimum atomic E-state index is -1.25. The van der Waals surface area contributed by atoms with E-state index in [1.54, 1.807) is 26.4 Å². The van der Waals surface area contributed by atoms with Gasteiger partial charge in [-0.3, -0.25) is 0 Å². The van der Waals surface area contributed by atoms with Gasteiger partial charge in [0, 0.05) is 23.6 Å². The average Bonchev–Trinajstić information content (AvgIpc) is 2.85. The van der Waals surface area contributed by atoms with E-state index < -0.39 is 5.97 Å². The summed E-state index contributed by atoms with van der Waals surface area (Å²) in [5.41, 5.74) is 2.45. The maximum Gasteiger partial charge on any atom is 0.349 e. The Hall–Kier alpha value is -3.45. The molecule has 7 heteroatoms. The Morgan fingerprint density at radius 3 is 2.30 bits per heavy atom. The molecule has 1 unspecified atom stereocenters. The second kappa shape index (κ2) is 9.19. The summed E-state index contributed by atoms with van der Waals surface area (Å²) in [6.07, 6.45) is 6.29. The Morgan fingerprint density at radius 1 is 1.03 bits per heavy atom. The van der Waals surface area contributed by atoms with Gasteiger partial charge in [-0.2, -0.15) is 0 Å². The number of benzene rings is 2. The van der Waals surface area contributed by atoms with Crippen LogP contribution in [0.3, 0.4) is 0 Å². The highest BCUT2D eigenvalue weighted by molar-refractivity contribution is 6.10. The van der Waals surface area contributed by atoms with Crippen molar-refractivity contribution >= 4 is 23.3 Å². The number of amides is 1. The zero-order valence-corrected chi connectivity index (χ0v) is 19.1. The van der Waals surface area contributed by atoms with Crippen LogP contribution >= 0.6 is 0 Å². The van der Waals surface area contributed by atoms with Crippen molar-refractivity contribution in [3.05, 3.63) is 65.7 Å². The predicted molar refractivity (Wildman–Crippen MR) is 124 cm³/mol. The van der Waals surface area contributed by atoms with Gasteiger partial charge in [-0.25, -0.2) is 4.79 Å². The third-order valence-corrected chi connectivity index (χ3v) is 6.50.